The Morgan fingerprint density at radius 3 is 2.72 bits per heavy atom. The number of ether oxygens (including phenoxy) is 1. The number of terminal acetylenes is 1. The molecule has 1 aromatic rings. The number of hydrogen-bond acceptors (Lipinski definition) is 2. The highest BCUT2D eigenvalue weighted by Gasteiger charge is 2.14. The molecule has 0 spiro atoms. The molecule has 0 radical (unpaired) electrons. The van der Waals surface area contributed by atoms with Crippen molar-refractivity contribution in [2.45, 2.75) is 45.7 Å². The van der Waals surface area contributed by atoms with E-state index in [1.807, 2.05) is 6.07 Å². The van der Waals surface area contributed by atoms with Crippen molar-refractivity contribution in [3.63, 3.8) is 0 Å². The van der Waals surface area contributed by atoms with Crippen molar-refractivity contribution >= 4 is 0 Å². The van der Waals surface area contributed by atoms with Crippen molar-refractivity contribution in [2.75, 3.05) is 7.11 Å². The molecule has 2 nitrogen and oxygen atoms in total. The third kappa shape index (κ3) is 3.78. The molecule has 0 aromatic heterocycles. The summed E-state index contributed by atoms with van der Waals surface area (Å²) in [5.74, 6) is 3.71. The smallest absolute Gasteiger partial charge is 0.123 e. The zero-order valence-electron chi connectivity index (χ0n) is 11.8. The van der Waals surface area contributed by atoms with Crippen LogP contribution in [-0.2, 0) is 0 Å². The molecule has 0 heterocycles. The molecule has 1 rings (SSSR count). The Hall–Kier alpha value is -1.46. The van der Waals surface area contributed by atoms with Gasteiger partial charge in [-0.3, -0.25) is 5.32 Å². The second kappa shape index (κ2) is 7.08. The summed E-state index contributed by atoms with van der Waals surface area (Å²) in [4.78, 5) is 0. The minimum atomic E-state index is 0.121. The first-order chi connectivity index (χ1) is 8.62. The van der Waals surface area contributed by atoms with Gasteiger partial charge >= 0.3 is 0 Å². The summed E-state index contributed by atoms with van der Waals surface area (Å²) < 4.78 is 5.40. The van der Waals surface area contributed by atoms with Gasteiger partial charge < -0.3 is 4.74 Å². The molecule has 2 heteroatoms. The van der Waals surface area contributed by atoms with E-state index >= 15 is 0 Å². The molecule has 0 bridgehead atoms. The van der Waals surface area contributed by atoms with Crippen molar-refractivity contribution < 1.29 is 4.74 Å². The Morgan fingerprint density at radius 1 is 1.44 bits per heavy atom. The van der Waals surface area contributed by atoms with E-state index in [0.717, 1.165) is 24.2 Å². The molecule has 1 aromatic carbocycles. The van der Waals surface area contributed by atoms with Gasteiger partial charge in [0.1, 0.15) is 5.75 Å². The van der Waals surface area contributed by atoms with Gasteiger partial charge in [-0.15, -0.1) is 6.42 Å². The fraction of sp³-hybridized carbons (Fsp3) is 0.500. The highest BCUT2D eigenvalue weighted by molar-refractivity contribution is 5.39. The molecule has 1 N–H and O–H groups in total. The maximum atomic E-state index is 5.54. The molecule has 98 valence electrons. The van der Waals surface area contributed by atoms with Gasteiger partial charge in [-0.25, -0.2) is 0 Å². The predicted octanol–water partition coefficient (Wildman–Crippen LogP) is 3.46. The van der Waals surface area contributed by atoms with Gasteiger partial charge in [-0.2, -0.15) is 0 Å². The molecule has 0 saturated carbocycles. The van der Waals surface area contributed by atoms with Crippen LogP contribution >= 0.6 is 0 Å². The molecule has 0 fully saturated rings. The lowest BCUT2D eigenvalue weighted by molar-refractivity contribution is 0.397. The van der Waals surface area contributed by atoms with Gasteiger partial charge in [-0.1, -0.05) is 37.0 Å². The van der Waals surface area contributed by atoms with Crippen LogP contribution in [-0.4, -0.2) is 13.2 Å². The van der Waals surface area contributed by atoms with Crippen molar-refractivity contribution in [1.29, 1.82) is 0 Å². The summed E-state index contributed by atoms with van der Waals surface area (Å²) in [6.07, 6.45) is 7.62. The van der Waals surface area contributed by atoms with Gasteiger partial charge in [0.05, 0.1) is 13.2 Å². The van der Waals surface area contributed by atoms with E-state index in [0.29, 0.717) is 0 Å². The third-order valence-electron chi connectivity index (χ3n) is 3.08. The van der Waals surface area contributed by atoms with Gasteiger partial charge in [0.25, 0.3) is 0 Å². The summed E-state index contributed by atoms with van der Waals surface area (Å²) in [7, 11) is 1.70. The maximum Gasteiger partial charge on any atom is 0.123 e. The van der Waals surface area contributed by atoms with Crippen molar-refractivity contribution in [2.24, 2.45) is 0 Å². The topological polar surface area (TPSA) is 21.3 Å². The summed E-state index contributed by atoms with van der Waals surface area (Å²) in [5, 5.41) is 3.47. The van der Waals surface area contributed by atoms with Crippen molar-refractivity contribution in [3.8, 4) is 18.1 Å². The first-order valence-corrected chi connectivity index (χ1v) is 6.49. The minimum absolute atomic E-state index is 0.121. The summed E-state index contributed by atoms with van der Waals surface area (Å²) in [5.41, 5.74) is 2.39. The van der Waals surface area contributed by atoms with Gasteiger partial charge in [0.2, 0.25) is 0 Å². The lowest BCUT2D eigenvalue weighted by atomic mass is 10.0. The molecule has 0 aliphatic rings. The van der Waals surface area contributed by atoms with Gasteiger partial charge in [0.15, 0.2) is 0 Å². The van der Waals surface area contributed by atoms with Crippen LogP contribution in [0.1, 0.15) is 43.9 Å². The molecule has 2 atom stereocenters. The van der Waals surface area contributed by atoms with Gasteiger partial charge in [-0.05, 0) is 26.3 Å². The van der Waals surface area contributed by atoms with Gasteiger partial charge in [0, 0.05) is 11.6 Å². The predicted molar refractivity (Wildman–Crippen MR) is 76.8 cm³/mol. The fourth-order valence-electron chi connectivity index (χ4n) is 2.09. The van der Waals surface area contributed by atoms with E-state index in [2.05, 4.69) is 44.1 Å². The average molecular weight is 245 g/mol. The maximum absolute atomic E-state index is 5.54. The minimum Gasteiger partial charge on any atom is -0.496 e. The Kier molecular flexibility index (Phi) is 5.74. The monoisotopic (exact) mass is 245 g/mol. The number of hydrogen-bond donors (Lipinski definition) is 1. The largest absolute Gasteiger partial charge is 0.496 e. The van der Waals surface area contributed by atoms with Crippen LogP contribution < -0.4 is 10.1 Å². The quantitative estimate of drug-likeness (QED) is 0.775. The molecule has 0 saturated heterocycles. The van der Waals surface area contributed by atoms with Crippen LogP contribution in [0.25, 0.3) is 0 Å². The summed E-state index contributed by atoms with van der Waals surface area (Å²) in [6.45, 7) is 6.35. The highest BCUT2D eigenvalue weighted by Crippen LogP contribution is 2.26. The lowest BCUT2D eigenvalue weighted by Crippen LogP contribution is -2.30. The second-order valence-corrected chi connectivity index (χ2v) is 4.64. The highest BCUT2D eigenvalue weighted by atomic mass is 16.5. The van der Waals surface area contributed by atoms with E-state index in [4.69, 9.17) is 11.2 Å². The molecular formula is C16H23NO. The number of benzene rings is 1. The van der Waals surface area contributed by atoms with Crippen LogP contribution in [0.15, 0.2) is 18.2 Å². The first-order valence-electron chi connectivity index (χ1n) is 6.49. The van der Waals surface area contributed by atoms with E-state index in [1.54, 1.807) is 7.11 Å². The molecule has 0 aliphatic carbocycles. The molecule has 2 unspecified atom stereocenters. The Morgan fingerprint density at radius 2 is 2.17 bits per heavy atom. The van der Waals surface area contributed by atoms with Crippen LogP contribution in [0.3, 0.4) is 0 Å². The average Bonchev–Trinajstić information content (AvgIpc) is 2.38. The Balaban J connectivity index is 2.86. The summed E-state index contributed by atoms with van der Waals surface area (Å²) in [6, 6.07) is 6.52. The van der Waals surface area contributed by atoms with Crippen LogP contribution in [0, 0.1) is 19.3 Å². The number of methoxy groups -OCH3 is 1. The van der Waals surface area contributed by atoms with E-state index in [1.165, 1.54) is 5.56 Å². The standard InChI is InChI=1S/C16H23NO/c1-6-8-14(7-2)17-13(4)15-11-12(3)9-10-16(15)18-5/h2,9-11,13-14,17H,6,8H2,1,3-5H3. The normalized spacial score (nSPS) is 13.7. The van der Waals surface area contributed by atoms with Crippen molar-refractivity contribution in [3.05, 3.63) is 29.3 Å². The molecule has 18 heavy (non-hydrogen) atoms. The van der Waals surface area contributed by atoms with E-state index < -0.39 is 0 Å². The van der Waals surface area contributed by atoms with Crippen LogP contribution in [0.2, 0.25) is 0 Å². The Labute approximate surface area is 111 Å². The molecular weight excluding hydrogens is 222 g/mol. The number of rotatable bonds is 6. The lowest BCUT2D eigenvalue weighted by Gasteiger charge is -2.21. The van der Waals surface area contributed by atoms with E-state index in [-0.39, 0.29) is 12.1 Å². The van der Waals surface area contributed by atoms with E-state index in [9.17, 15) is 0 Å². The van der Waals surface area contributed by atoms with Crippen LogP contribution in [0.4, 0.5) is 0 Å². The van der Waals surface area contributed by atoms with Crippen molar-refractivity contribution in [1.82, 2.24) is 5.32 Å². The number of aryl methyl sites for hydroxylation is 1. The molecule has 0 amide bonds. The first kappa shape index (κ1) is 14.6. The fourth-order valence-corrected chi connectivity index (χ4v) is 2.09. The second-order valence-electron chi connectivity index (χ2n) is 4.64. The third-order valence-corrected chi connectivity index (χ3v) is 3.08. The SMILES string of the molecule is C#CC(CCC)NC(C)c1cc(C)ccc1OC. The molecule has 0 aliphatic heterocycles. The zero-order chi connectivity index (χ0) is 13.5. The summed E-state index contributed by atoms with van der Waals surface area (Å²) >= 11 is 0. The van der Waals surface area contributed by atoms with Crippen LogP contribution in [0.5, 0.6) is 5.75 Å². The Bertz CT molecular complexity index is 420. The number of nitrogens with one attached hydrogen (secondary N) is 1. The zero-order valence-corrected chi connectivity index (χ0v) is 11.8.